The molecule has 1 atom stereocenters. The lowest BCUT2D eigenvalue weighted by Gasteiger charge is -2.44. The van der Waals surface area contributed by atoms with Crippen molar-refractivity contribution in [3.05, 3.63) is 30.3 Å². The van der Waals surface area contributed by atoms with Gasteiger partial charge in [-0.2, -0.15) is 0 Å². The highest BCUT2D eigenvalue weighted by atomic mass is 17.3. The first-order valence-corrected chi connectivity index (χ1v) is 13.2. The summed E-state index contributed by atoms with van der Waals surface area (Å²) in [6.07, 6.45) is 10.9. The summed E-state index contributed by atoms with van der Waals surface area (Å²) in [5, 5.41) is 0. The van der Waals surface area contributed by atoms with Crippen molar-refractivity contribution in [1.29, 1.82) is 0 Å². The molecule has 0 N–H and O–H groups in total. The van der Waals surface area contributed by atoms with E-state index in [4.69, 9.17) is 33.5 Å². The van der Waals surface area contributed by atoms with E-state index in [9.17, 15) is 0 Å². The van der Waals surface area contributed by atoms with Gasteiger partial charge in [0.2, 0.25) is 0 Å². The van der Waals surface area contributed by atoms with Gasteiger partial charge in [-0.1, -0.05) is 76.5 Å². The van der Waals surface area contributed by atoms with E-state index in [1.165, 1.54) is 44.9 Å². The van der Waals surface area contributed by atoms with Gasteiger partial charge in [0.25, 0.3) is 0 Å². The van der Waals surface area contributed by atoms with E-state index in [0.29, 0.717) is 32.2 Å². The summed E-state index contributed by atoms with van der Waals surface area (Å²) in [6, 6.07) is 9.16. The molecular weight excluding hydrogens is 436 g/mol. The molecule has 0 fully saturated rings. The van der Waals surface area contributed by atoms with Crippen molar-refractivity contribution in [3.63, 3.8) is 0 Å². The van der Waals surface area contributed by atoms with Crippen molar-refractivity contribution in [2.24, 2.45) is 0 Å². The van der Waals surface area contributed by atoms with Gasteiger partial charge >= 0.3 is 11.9 Å². The van der Waals surface area contributed by atoms with Crippen molar-refractivity contribution in [2.45, 2.75) is 104 Å². The summed E-state index contributed by atoms with van der Waals surface area (Å²) in [5.74, 6) is -3.13. The zero-order valence-electron chi connectivity index (χ0n) is 22.1. The Morgan fingerprint density at radius 3 is 1.50 bits per heavy atom. The number of benzene rings is 1. The van der Waals surface area contributed by atoms with E-state index in [1.807, 2.05) is 45.9 Å². The van der Waals surface area contributed by atoms with E-state index < -0.39 is 11.9 Å². The summed E-state index contributed by atoms with van der Waals surface area (Å²) in [5.41, 5.74) is 0. The fourth-order valence-electron chi connectivity index (χ4n) is 3.67. The van der Waals surface area contributed by atoms with Crippen LogP contribution in [0.4, 0.5) is 0 Å². The van der Waals surface area contributed by atoms with E-state index in [1.54, 1.807) is 12.1 Å². The molecule has 0 radical (unpaired) electrons. The molecule has 1 aromatic carbocycles. The quantitative estimate of drug-likeness (QED) is 0.0717. The van der Waals surface area contributed by atoms with Crippen LogP contribution < -0.4 is 4.89 Å². The van der Waals surface area contributed by atoms with Gasteiger partial charge in [0, 0.05) is 19.8 Å². The molecule has 7 nitrogen and oxygen atoms in total. The second kappa shape index (κ2) is 19.0. The molecule has 7 heteroatoms. The minimum atomic E-state index is -1.88. The maximum atomic E-state index is 6.23. The van der Waals surface area contributed by atoms with Gasteiger partial charge in [0.05, 0.1) is 13.2 Å². The van der Waals surface area contributed by atoms with Crippen LogP contribution in [0.15, 0.2) is 30.3 Å². The van der Waals surface area contributed by atoms with Gasteiger partial charge < -0.3 is 28.6 Å². The van der Waals surface area contributed by atoms with Gasteiger partial charge in [0.1, 0.15) is 0 Å². The fourth-order valence-corrected chi connectivity index (χ4v) is 3.67. The molecular formula is C27H48O7. The Morgan fingerprint density at radius 2 is 1.00 bits per heavy atom. The highest BCUT2D eigenvalue weighted by molar-refractivity contribution is 5.20. The lowest BCUT2D eigenvalue weighted by Crippen LogP contribution is -2.64. The van der Waals surface area contributed by atoms with Gasteiger partial charge in [-0.3, -0.25) is 0 Å². The molecule has 1 aromatic rings. The topological polar surface area (TPSA) is 64.6 Å². The zero-order valence-corrected chi connectivity index (χ0v) is 22.1. The van der Waals surface area contributed by atoms with Gasteiger partial charge in [-0.15, -0.1) is 4.89 Å². The highest BCUT2D eigenvalue weighted by Crippen LogP contribution is 2.37. The molecule has 1 unspecified atom stereocenters. The third-order valence-corrected chi connectivity index (χ3v) is 5.24. The molecule has 0 bridgehead atoms. The maximum absolute atomic E-state index is 6.23. The molecule has 1 rings (SSSR count). The first-order chi connectivity index (χ1) is 16.6. The molecule has 0 aromatic heterocycles. The molecule has 0 heterocycles. The molecule has 0 aliphatic heterocycles. The smallest absolute Gasteiger partial charge is 0.332 e. The van der Waals surface area contributed by atoms with Gasteiger partial charge in [-0.25, -0.2) is 0 Å². The van der Waals surface area contributed by atoms with Crippen LogP contribution in [0.3, 0.4) is 0 Å². The van der Waals surface area contributed by atoms with Crippen LogP contribution in [0.25, 0.3) is 0 Å². The molecule has 0 aliphatic rings. The SMILES string of the molecule is CCCCCCCCCCCOC(OCC)(OOc1ccccc1)C(OCC)(OCC)OCC. The summed E-state index contributed by atoms with van der Waals surface area (Å²) in [4.78, 5) is 11.5. The molecule has 0 spiro atoms. The Kier molecular flexibility index (Phi) is 17.2. The monoisotopic (exact) mass is 484 g/mol. The standard InChI is InChI=1S/C27H48O7/c1-6-11-12-13-14-15-16-17-21-24-32-27(31-10-5,34-33-25-22-19-18-20-23-25)26(28-7-2,29-8-3)30-9-4/h18-20,22-23H,6-17,21,24H2,1-5H3. The van der Waals surface area contributed by atoms with Crippen LogP contribution in [-0.4, -0.2) is 45.0 Å². The second-order valence-corrected chi connectivity index (χ2v) is 8.00. The van der Waals surface area contributed by atoms with Gasteiger partial charge in [-0.05, 0) is 46.2 Å². The summed E-state index contributed by atoms with van der Waals surface area (Å²) < 4.78 is 30.1. The number of ether oxygens (including phenoxy) is 5. The lowest BCUT2D eigenvalue weighted by atomic mass is 10.1. The number of hydrogen-bond acceptors (Lipinski definition) is 7. The maximum Gasteiger partial charge on any atom is 0.407 e. The fraction of sp³-hybridized carbons (Fsp3) is 0.778. The Hall–Kier alpha value is -1.22. The molecule has 0 aliphatic carbocycles. The minimum absolute atomic E-state index is 0.269. The highest BCUT2D eigenvalue weighted by Gasteiger charge is 2.62. The Labute approximate surface area is 207 Å². The van der Waals surface area contributed by atoms with Crippen LogP contribution in [0, 0.1) is 0 Å². The van der Waals surface area contributed by atoms with Crippen molar-refractivity contribution in [1.82, 2.24) is 0 Å². The van der Waals surface area contributed by atoms with Crippen LogP contribution in [0.1, 0.15) is 92.4 Å². The predicted octanol–water partition coefficient (Wildman–Crippen LogP) is 7.00. The summed E-state index contributed by atoms with van der Waals surface area (Å²) in [6.45, 7) is 11.2. The normalized spacial score (nSPS) is 13.7. The van der Waals surface area contributed by atoms with E-state index in [2.05, 4.69) is 6.92 Å². The Bertz CT molecular complexity index is 567. The van der Waals surface area contributed by atoms with Crippen LogP contribution >= 0.6 is 0 Å². The summed E-state index contributed by atoms with van der Waals surface area (Å²) >= 11 is 0. The van der Waals surface area contributed by atoms with Crippen molar-refractivity contribution >= 4 is 0 Å². The van der Waals surface area contributed by atoms with Crippen LogP contribution in [0.2, 0.25) is 0 Å². The lowest BCUT2D eigenvalue weighted by molar-refractivity contribution is -0.600. The Morgan fingerprint density at radius 1 is 0.529 bits per heavy atom. The van der Waals surface area contributed by atoms with Crippen molar-refractivity contribution in [2.75, 3.05) is 33.0 Å². The average Bonchev–Trinajstić information content (AvgIpc) is 2.84. The van der Waals surface area contributed by atoms with Crippen LogP contribution in [0.5, 0.6) is 5.75 Å². The predicted molar refractivity (Wildman–Crippen MR) is 133 cm³/mol. The molecule has 34 heavy (non-hydrogen) atoms. The van der Waals surface area contributed by atoms with Crippen molar-refractivity contribution in [3.8, 4) is 5.75 Å². The average molecular weight is 485 g/mol. The van der Waals surface area contributed by atoms with E-state index >= 15 is 0 Å². The minimum Gasteiger partial charge on any atom is -0.332 e. The third-order valence-electron chi connectivity index (χ3n) is 5.24. The largest absolute Gasteiger partial charge is 0.407 e. The van der Waals surface area contributed by atoms with Crippen LogP contribution in [-0.2, 0) is 28.6 Å². The van der Waals surface area contributed by atoms with Crippen molar-refractivity contribution < 1.29 is 33.5 Å². The molecule has 0 saturated carbocycles. The number of rotatable bonds is 23. The number of hydrogen-bond donors (Lipinski definition) is 0. The van der Waals surface area contributed by atoms with E-state index in [0.717, 1.165) is 12.8 Å². The zero-order chi connectivity index (χ0) is 25.0. The molecule has 198 valence electrons. The first-order valence-electron chi connectivity index (χ1n) is 13.2. The second-order valence-electron chi connectivity index (χ2n) is 8.00. The Balaban J connectivity index is 2.88. The number of para-hydroxylation sites is 1. The van der Waals surface area contributed by atoms with Gasteiger partial charge in [0.15, 0.2) is 5.75 Å². The first kappa shape index (κ1) is 30.8. The summed E-state index contributed by atoms with van der Waals surface area (Å²) in [7, 11) is 0. The third kappa shape index (κ3) is 10.6. The molecule has 0 saturated heterocycles. The van der Waals surface area contributed by atoms with E-state index in [-0.39, 0.29) is 6.61 Å². The molecule has 0 amide bonds. The number of unbranched alkanes of at least 4 members (excludes halogenated alkanes) is 8.